The second kappa shape index (κ2) is 6.91. The molecule has 0 bridgehead atoms. The number of aromatic nitrogens is 1. The van der Waals surface area contributed by atoms with E-state index in [1.54, 1.807) is 24.3 Å². The van der Waals surface area contributed by atoms with Gasteiger partial charge in [0, 0.05) is 9.50 Å². The first-order chi connectivity index (χ1) is 9.95. The molecule has 1 heterocycles. The highest BCUT2D eigenvalue weighted by atomic mass is 79.9. The zero-order valence-corrected chi connectivity index (χ0v) is 14.0. The number of carbonyl (C=O) groups excluding carboxylic acids is 1. The van der Waals surface area contributed by atoms with E-state index in [1.807, 2.05) is 19.9 Å². The van der Waals surface area contributed by atoms with E-state index in [9.17, 15) is 4.79 Å². The molecule has 2 rings (SSSR count). The van der Waals surface area contributed by atoms with E-state index in [1.165, 1.54) is 0 Å². The van der Waals surface area contributed by atoms with E-state index >= 15 is 0 Å². The number of hydrogen-bond donors (Lipinski definition) is 1. The molecule has 110 valence electrons. The maximum absolute atomic E-state index is 11.8. The molecule has 1 N–H and O–H groups in total. The van der Waals surface area contributed by atoms with Gasteiger partial charge in [-0.1, -0.05) is 11.6 Å². The molecule has 0 aliphatic rings. The van der Waals surface area contributed by atoms with E-state index in [-0.39, 0.29) is 12.5 Å². The van der Waals surface area contributed by atoms with E-state index in [2.05, 4.69) is 26.2 Å². The molecule has 0 fully saturated rings. The molecule has 0 spiro atoms. The van der Waals surface area contributed by atoms with Gasteiger partial charge in [0.2, 0.25) is 0 Å². The van der Waals surface area contributed by atoms with E-state index < -0.39 is 0 Å². The quantitative estimate of drug-likeness (QED) is 0.881. The third kappa shape index (κ3) is 4.44. The fourth-order valence-corrected chi connectivity index (χ4v) is 2.16. The summed E-state index contributed by atoms with van der Waals surface area (Å²) in [4.78, 5) is 16.1. The van der Waals surface area contributed by atoms with Crippen LogP contribution in [0.25, 0.3) is 0 Å². The topological polar surface area (TPSA) is 51.2 Å². The lowest BCUT2D eigenvalue weighted by molar-refractivity contribution is -0.118. The van der Waals surface area contributed by atoms with Crippen LogP contribution in [0.15, 0.2) is 34.8 Å². The third-order valence-corrected chi connectivity index (χ3v) is 3.86. The molecule has 1 aromatic carbocycles. The lowest BCUT2D eigenvalue weighted by atomic mass is 10.2. The summed E-state index contributed by atoms with van der Waals surface area (Å²) >= 11 is 9.23. The number of aryl methyl sites for hydroxylation is 2. The summed E-state index contributed by atoms with van der Waals surface area (Å²) in [5.74, 6) is 0.866. The second-order valence-corrected chi connectivity index (χ2v) is 5.80. The van der Waals surface area contributed by atoms with Gasteiger partial charge in [-0.3, -0.25) is 4.79 Å². The molecule has 0 unspecified atom stereocenters. The Morgan fingerprint density at radius 1 is 1.33 bits per heavy atom. The molecule has 4 nitrogen and oxygen atoms in total. The van der Waals surface area contributed by atoms with Crippen molar-refractivity contribution in [2.24, 2.45) is 0 Å². The number of pyridine rings is 1. The number of ether oxygens (including phenoxy) is 1. The van der Waals surface area contributed by atoms with Crippen molar-refractivity contribution in [2.75, 3.05) is 11.9 Å². The summed E-state index contributed by atoms with van der Waals surface area (Å²) in [6.45, 7) is 3.64. The van der Waals surface area contributed by atoms with Crippen LogP contribution in [0.2, 0.25) is 5.02 Å². The Balaban J connectivity index is 1.94. The van der Waals surface area contributed by atoms with Crippen LogP contribution < -0.4 is 10.1 Å². The normalized spacial score (nSPS) is 10.3. The minimum atomic E-state index is -0.265. The van der Waals surface area contributed by atoms with Crippen molar-refractivity contribution in [1.82, 2.24) is 4.98 Å². The Morgan fingerprint density at radius 2 is 2.10 bits per heavy atom. The highest BCUT2D eigenvalue weighted by Gasteiger charge is 2.07. The fraction of sp³-hybridized carbons (Fsp3) is 0.200. The summed E-state index contributed by atoms with van der Waals surface area (Å²) in [6, 6.07) is 8.81. The highest BCUT2D eigenvalue weighted by Crippen LogP contribution is 2.21. The smallest absolute Gasteiger partial charge is 0.263 e. The van der Waals surface area contributed by atoms with Crippen molar-refractivity contribution in [3.05, 3.63) is 51.1 Å². The van der Waals surface area contributed by atoms with Gasteiger partial charge in [-0.15, -0.1) is 0 Å². The summed E-state index contributed by atoms with van der Waals surface area (Å²) in [7, 11) is 0. The number of amides is 1. The predicted molar refractivity (Wildman–Crippen MR) is 87.0 cm³/mol. The Hall–Kier alpha value is -1.59. The molecule has 6 heteroatoms. The van der Waals surface area contributed by atoms with Crippen LogP contribution in [0.1, 0.15) is 11.3 Å². The molecular weight excluding hydrogens is 356 g/mol. The zero-order valence-electron chi connectivity index (χ0n) is 11.6. The Morgan fingerprint density at radius 3 is 2.76 bits per heavy atom. The molecule has 21 heavy (non-hydrogen) atoms. The number of nitrogens with zero attached hydrogens (tertiary/aromatic N) is 1. The maximum atomic E-state index is 11.8. The van der Waals surface area contributed by atoms with Crippen molar-refractivity contribution >= 4 is 39.3 Å². The van der Waals surface area contributed by atoms with E-state index in [4.69, 9.17) is 16.3 Å². The Kier molecular flexibility index (Phi) is 5.20. The van der Waals surface area contributed by atoms with Crippen molar-refractivity contribution in [3.63, 3.8) is 0 Å². The molecule has 0 radical (unpaired) electrons. The van der Waals surface area contributed by atoms with Crippen LogP contribution in [0.4, 0.5) is 5.82 Å². The van der Waals surface area contributed by atoms with E-state index in [0.29, 0.717) is 16.6 Å². The SMILES string of the molecule is Cc1cc(Cl)ccc1OCC(=O)Nc1ccc(Br)c(C)n1. The molecule has 0 saturated heterocycles. The van der Waals surface area contributed by atoms with Gasteiger partial charge in [0.25, 0.3) is 5.91 Å². The lowest BCUT2D eigenvalue weighted by Gasteiger charge is -2.10. The summed E-state index contributed by atoms with van der Waals surface area (Å²) in [5, 5.41) is 3.33. The standard InChI is InChI=1S/C15H14BrClN2O2/c1-9-7-11(17)3-5-13(9)21-8-15(20)19-14-6-4-12(16)10(2)18-14/h3-7H,8H2,1-2H3,(H,18,19,20). The average Bonchev–Trinajstić information content (AvgIpc) is 2.42. The number of nitrogens with one attached hydrogen (secondary N) is 1. The predicted octanol–water partition coefficient (Wildman–Crippen LogP) is 4.13. The van der Waals surface area contributed by atoms with Gasteiger partial charge in [-0.05, 0) is 65.7 Å². The Bertz CT molecular complexity index is 677. The lowest BCUT2D eigenvalue weighted by Crippen LogP contribution is -2.21. The fourth-order valence-electron chi connectivity index (χ4n) is 1.71. The number of halogens is 2. The number of anilines is 1. The van der Waals surface area contributed by atoms with Gasteiger partial charge in [-0.25, -0.2) is 4.98 Å². The molecule has 0 saturated carbocycles. The molecule has 2 aromatic rings. The van der Waals surface area contributed by atoms with Crippen LogP contribution in [0.3, 0.4) is 0 Å². The molecule has 0 aliphatic carbocycles. The minimum Gasteiger partial charge on any atom is -0.483 e. The molecular formula is C15H14BrClN2O2. The summed E-state index contributed by atoms with van der Waals surface area (Å²) in [5.41, 5.74) is 1.69. The third-order valence-electron chi connectivity index (χ3n) is 2.78. The van der Waals surface area contributed by atoms with Crippen molar-refractivity contribution in [2.45, 2.75) is 13.8 Å². The molecule has 0 atom stereocenters. The van der Waals surface area contributed by atoms with Crippen molar-refractivity contribution in [1.29, 1.82) is 0 Å². The monoisotopic (exact) mass is 368 g/mol. The summed E-state index contributed by atoms with van der Waals surface area (Å²) < 4.78 is 6.37. The van der Waals surface area contributed by atoms with Gasteiger partial charge in [0.05, 0.1) is 5.69 Å². The first-order valence-electron chi connectivity index (χ1n) is 6.27. The van der Waals surface area contributed by atoms with Gasteiger partial charge < -0.3 is 10.1 Å². The summed E-state index contributed by atoms with van der Waals surface area (Å²) in [6.07, 6.45) is 0. The van der Waals surface area contributed by atoms with Gasteiger partial charge in [-0.2, -0.15) is 0 Å². The van der Waals surface area contributed by atoms with Gasteiger partial charge in [0.15, 0.2) is 6.61 Å². The van der Waals surface area contributed by atoms with Gasteiger partial charge in [0.1, 0.15) is 11.6 Å². The minimum absolute atomic E-state index is 0.0841. The molecule has 1 aromatic heterocycles. The number of carbonyl (C=O) groups is 1. The average molecular weight is 370 g/mol. The van der Waals surface area contributed by atoms with Crippen LogP contribution in [0, 0.1) is 13.8 Å². The van der Waals surface area contributed by atoms with Crippen LogP contribution in [-0.4, -0.2) is 17.5 Å². The van der Waals surface area contributed by atoms with Crippen molar-refractivity contribution in [3.8, 4) is 5.75 Å². The number of rotatable bonds is 4. The van der Waals surface area contributed by atoms with Crippen LogP contribution >= 0.6 is 27.5 Å². The van der Waals surface area contributed by atoms with Crippen LogP contribution in [-0.2, 0) is 4.79 Å². The largest absolute Gasteiger partial charge is 0.483 e. The van der Waals surface area contributed by atoms with E-state index in [0.717, 1.165) is 15.7 Å². The molecule has 0 aliphatic heterocycles. The second-order valence-electron chi connectivity index (χ2n) is 4.51. The number of benzene rings is 1. The van der Waals surface area contributed by atoms with Crippen LogP contribution in [0.5, 0.6) is 5.75 Å². The first kappa shape index (κ1) is 15.8. The van der Waals surface area contributed by atoms with Gasteiger partial charge >= 0.3 is 0 Å². The Labute approximate surface area is 136 Å². The molecule has 1 amide bonds. The zero-order chi connectivity index (χ0) is 15.4. The highest BCUT2D eigenvalue weighted by molar-refractivity contribution is 9.10. The van der Waals surface area contributed by atoms with Crippen molar-refractivity contribution < 1.29 is 9.53 Å². The maximum Gasteiger partial charge on any atom is 0.263 e. The first-order valence-corrected chi connectivity index (χ1v) is 7.45. The number of hydrogen-bond acceptors (Lipinski definition) is 3.